The Hall–Kier alpha value is -2.38. The van der Waals surface area contributed by atoms with Crippen molar-refractivity contribution < 1.29 is 14.0 Å². The van der Waals surface area contributed by atoms with Crippen LogP contribution in [0.2, 0.25) is 5.02 Å². The second-order valence-electron chi connectivity index (χ2n) is 5.77. The summed E-state index contributed by atoms with van der Waals surface area (Å²) in [7, 11) is 0. The largest absolute Gasteiger partial charge is 0.335 e. The summed E-state index contributed by atoms with van der Waals surface area (Å²) in [5, 5.41) is 3.73. The molecule has 27 heavy (non-hydrogen) atoms. The van der Waals surface area contributed by atoms with Crippen LogP contribution in [0.3, 0.4) is 0 Å². The first-order chi connectivity index (χ1) is 13.0. The Kier molecular flexibility index (Phi) is 6.13. The van der Waals surface area contributed by atoms with Crippen LogP contribution in [0, 0.1) is 5.82 Å². The molecule has 0 spiro atoms. The van der Waals surface area contributed by atoms with Crippen LogP contribution in [0.4, 0.5) is 15.8 Å². The van der Waals surface area contributed by atoms with E-state index < -0.39 is 11.1 Å². The SMILES string of the molecule is CCN=C(Nc1ccc(Cl)cc1)S[C@@H]1CC(=O)N(c2ccc(F)cc2)C1=O. The van der Waals surface area contributed by atoms with E-state index in [0.717, 1.165) is 10.6 Å². The predicted molar refractivity (Wildman–Crippen MR) is 108 cm³/mol. The standard InChI is InChI=1S/C19H17ClFN3O2S/c1-2-22-19(23-14-7-3-12(20)4-8-14)27-16-11-17(25)24(18(16)26)15-9-5-13(21)6-10-15/h3-10,16H,2,11H2,1H3,(H,22,23)/t16-/m1/s1. The first kappa shape index (κ1) is 19.4. The first-order valence-corrected chi connectivity index (χ1v) is 9.59. The lowest BCUT2D eigenvalue weighted by Crippen LogP contribution is -2.31. The van der Waals surface area contributed by atoms with Crippen molar-refractivity contribution in [3.8, 4) is 0 Å². The number of imide groups is 1. The van der Waals surface area contributed by atoms with E-state index in [0.29, 0.717) is 22.4 Å². The first-order valence-electron chi connectivity index (χ1n) is 8.34. The van der Waals surface area contributed by atoms with Crippen molar-refractivity contribution in [1.29, 1.82) is 0 Å². The number of anilines is 2. The van der Waals surface area contributed by atoms with Crippen molar-refractivity contribution in [3.05, 3.63) is 59.4 Å². The molecule has 0 unspecified atom stereocenters. The number of halogens is 2. The number of aliphatic imine (C=N–C) groups is 1. The molecule has 1 saturated heterocycles. The molecule has 1 aliphatic heterocycles. The van der Waals surface area contributed by atoms with Crippen LogP contribution in [0.15, 0.2) is 53.5 Å². The topological polar surface area (TPSA) is 61.8 Å². The van der Waals surface area contributed by atoms with E-state index in [1.165, 1.54) is 36.0 Å². The van der Waals surface area contributed by atoms with Gasteiger partial charge in [-0.1, -0.05) is 23.4 Å². The lowest BCUT2D eigenvalue weighted by Gasteiger charge is -2.16. The van der Waals surface area contributed by atoms with E-state index in [4.69, 9.17) is 11.6 Å². The highest BCUT2D eigenvalue weighted by molar-refractivity contribution is 8.15. The van der Waals surface area contributed by atoms with Crippen molar-refractivity contribution in [1.82, 2.24) is 0 Å². The fourth-order valence-corrected chi connectivity index (χ4v) is 3.81. The number of thioether (sulfide) groups is 1. The average molecular weight is 406 g/mol. The number of benzene rings is 2. The molecule has 5 nitrogen and oxygen atoms in total. The van der Waals surface area contributed by atoms with E-state index in [1.807, 2.05) is 6.92 Å². The van der Waals surface area contributed by atoms with Gasteiger partial charge in [-0.3, -0.25) is 14.6 Å². The minimum atomic E-state index is -0.590. The van der Waals surface area contributed by atoms with Gasteiger partial charge in [0, 0.05) is 23.7 Å². The number of hydrogen-bond acceptors (Lipinski definition) is 4. The third-order valence-electron chi connectivity index (χ3n) is 3.84. The van der Waals surface area contributed by atoms with Crippen LogP contribution in [-0.4, -0.2) is 28.8 Å². The molecule has 1 aliphatic rings. The van der Waals surface area contributed by atoms with Gasteiger partial charge in [-0.15, -0.1) is 0 Å². The molecule has 0 saturated carbocycles. The van der Waals surface area contributed by atoms with Crippen LogP contribution in [0.25, 0.3) is 0 Å². The van der Waals surface area contributed by atoms with E-state index >= 15 is 0 Å². The van der Waals surface area contributed by atoms with Crippen LogP contribution in [-0.2, 0) is 9.59 Å². The number of nitrogens with zero attached hydrogens (tertiary/aromatic N) is 2. The maximum Gasteiger partial charge on any atom is 0.247 e. The number of amides is 2. The number of nitrogens with one attached hydrogen (secondary N) is 1. The minimum absolute atomic E-state index is 0.0614. The number of carbonyl (C=O) groups excluding carboxylic acids is 2. The maximum atomic E-state index is 13.1. The zero-order valence-corrected chi connectivity index (χ0v) is 16.1. The van der Waals surface area contributed by atoms with Crippen LogP contribution < -0.4 is 10.2 Å². The normalized spacial score (nSPS) is 17.5. The van der Waals surface area contributed by atoms with Crippen molar-refractivity contribution in [2.45, 2.75) is 18.6 Å². The highest BCUT2D eigenvalue weighted by Gasteiger charge is 2.40. The molecule has 1 atom stereocenters. The van der Waals surface area contributed by atoms with Gasteiger partial charge in [0.05, 0.1) is 5.69 Å². The highest BCUT2D eigenvalue weighted by Crippen LogP contribution is 2.31. The minimum Gasteiger partial charge on any atom is -0.335 e. The molecule has 2 aromatic rings. The molecule has 1 fully saturated rings. The lowest BCUT2D eigenvalue weighted by atomic mass is 10.3. The predicted octanol–water partition coefficient (Wildman–Crippen LogP) is 4.33. The molecular formula is C19H17ClFN3O2S. The Labute approximate surface area is 165 Å². The number of amidine groups is 1. The van der Waals surface area contributed by atoms with Gasteiger partial charge in [-0.05, 0) is 55.5 Å². The Bertz CT molecular complexity index is 872. The van der Waals surface area contributed by atoms with Crippen molar-refractivity contribution >= 4 is 51.7 Å². The van der Waals surface area contributed by atoms with E-state index in [9.17, 15) is 14.0 Å². The molecule has 1 N–H and O–H groups in total. The summed E-state index contributed by atoms with van der Waals surface area (Å²) in [6, 6.07) is 12.4. The summed E-state index contributed by atoms with van der Waals surface area (Å²) in [6.45, 7) is 2.41. The number of rotatable bonds is 4. The Balaban J connectivity index is 1.74. The molecule has 0 aliphatic carbocycles. The molecule has 0 aromatic heterocycles. The Morgan fingerprint density at radius 1 is 1.22 bits per heavy atom. The van der Waals surface area contributed by atoms with Crippen LogP contribution in [0.1, 0.15) is 13.3 Å². The van der Waals surface area contributed by atoms with E-state index in [1.54, 1.807) is 24.3 Å². The molecule has 2 aromatic carbocycles. The zero-order valence-electron chi connectivity index (χ0n) is 14.5. The quantitative estimate of drug-likeness (QED) is 0.467. The second kappa shape index (κ2) is 8.54. The highest BCUT2D eigenvalue weighted by atomic mass is 35.5. The van der Waals surface area contributed by atoms with Gasteiger partial charge in [0.1, 0.15) is 11.1 Å². The maximum absolute atomic E-state index is 13.1. The van der Waals surface area contributed by atoms with Gasteiger partial charge in [0.15, 0.2) is 5.17 Å². The second-order valence-corrected chi connectivity index (χ2v) is 7.39. The smallest absolute Gasteiger partial charge is 0.247 e. The molecule has 2 amide bonds. The lowest BCUT2D eigenvalue weighted by molar-refractivity contribution is -0.121. The van der Waals surface area contributed by atoms with E-state index in [-0.39, 0.29) is 18.2 Å². The Morgan fingerprint density at radius 2 is 1.89 bits per heavy atom. The summed E-state index contributed by atoms with van der Waals surface area (Å²) < 4.78 is 13.1. The van der Waals surface area contributed by atoms with Gasteiger partial charge >= 0.3 is 0 Å². The van der Waals surface area contributed by atoms with Gasteiger partial charge in [0.2, 0.25) is 11.8 Å². The third-order valence-corrected chi connectivity index (χ3v) is 5.20. The Morgan fingerprint density at radius 3 is 2.52 bits per heavy atom. The molecule has 0 radical (unpaired) electrons. The summed E-state index contributed by atoms with van der Waals surface area (Å²) in [4.78, 5) is 30.5. The summed E-state index contributed by atoms with van der Waals surface area (Å²) in [6.07, 6.45) is 0.0614. The molecular weight excluding hydrogens is 389 g/mol. The molecule has 0 bridgehead atoms. The van der Waals surface area contributed by atoms with Crippen molar-refractivity contribution in [3.63, 3.8) is 0 Å². The van der Waals surface area contributed by atoms with Gasteiger partial charge in [-0.2, -0.15) is 0 Å². The fraction of sp³-hybridized carbons (Fsp3) is 0.211. The number of carbonyl (C=O) groups is 2. The van der Waals surface area contributed by atoms with Crippen LogP contribution in [0.5, 0.6) is 0 Å². The average Bonchev–Trinajstić information content (AvgIpc) is 2.92. The van der Waals surface area contributed by atoms with Gasteiger partial charge in [-0.25, -0.2) is 9.29 Å². The van der Waals surface area contributed by atoms with Gasteiger partial charge < -0.3 is 5.32 Å². The van der Waals surface area contributed by atoms with Crippen LogP contribution >= 0.6 is 23.4 Å². The molecule has 1 heterocycles. The zero-order chi connectivity index (χ0) is 19.4. The van der Waals surface area contributed by atoms with Gasteiger partial charge in [0.25, 0.3) is 0 Å². The monoisotopic (exact) mass is 405 g/mol. The van der Waals surface area contributed by atoms with Crippen molar-refractivity contribution in [2.75, 3.05) is 16.8 Å². The summed E-state index contributed by atoms with van der Waals surface area (Å²) >= 11 is 7.10. The summed E-state index contributed by atoms with van der Waals surface area (Å²) in [5.74, 6) is -1.07. The van der Waals surface area contributed by atoms with Crippen molar-refractivity contribution in [2.24, 2.45) is 4.99 Å². The molecule has 140 valence electrons. The molecule has 8 heteroatoms. The summed E-state index contributed by atoms with van der Waals surface area (Å²) in [5.41, 5.74) is 1.15. The fourth-order valence-electron chi connectivity index (χ4n) is 2.60. The molecule has 3 rings (SSSR count). The third kappa shape index (κ3) is 4.67. The number of hydrogen-bond donors (Lipinski definition) is 1. The van der Waals surface area contributed by atoms with E-state index in [2.05, 4.69) is 10.3 Å².